The van der Waals surface area contributed by atoms with E-state index in [9.17, 15) is 9.59 Å². The van der Waals surface area contributed by atoms with Crippen molar-refractivity contribution in [3.63, 3.8) is 0 Å². The van der Waals surface area contributed by atoms with E-state index in [-0.39, 0.29) is 6.54 Å². The van der Waals surface area contributed by atoms with Crippen molar-refractivity contribution in [3.8, 4) is 0 Å². The molecule has 1 fully saturated rings. The zero-order valence-electron chi connectivity index (χ0n) is 10.5. The Bertz CT molecular complexity index is 646. The van der Waals surface area contributed by atoms with E-state index >= 15 is 0 Å². The fourth-order valence-corrected chi connectivity index (χ4v) is 2.03. The molecular formula is C14H12N4O2. The normalized spacial score (nSPS) is 21.7. The molecule has 0 aromatic carbocycles. The van der Waals surface area contributed by atoms with Crippen LogP contribution in [0.3, 0.4) is 0 Å². The van der Waals surface area contributed by atoms with Crippen molar-refractivity contribution in [2.24, 2.45) is 0 Å². The molecule has 3 rings (SSSR count). The quantitative estimate of drug-likeness (QED) is 0.722. The maximum absolute atomic E-state index is 11.7. The largest absolute Gasteiger partial charge is 0.359 e. The summed E-state index contributed by atoms with van der Waals surface area (Å²) in [6.07, 6.45) is 10.6. The van der Waals surface area contributed by atoms with Crippen LogP contribution in [-0.2, 0) is 9.59 Å². The first-order valence-electron chi connectivity index (χ1n) is 6.11. The van der Waals surface area contributed by atoms with E-state index in [0.29, 0.717) is 5.82 Å². The summed E-state index contributed by atoms with van der Waals surface area (Å²) in [7, 11) is 0. The molecule has 1 saturated heterocycles. The SMILES string of the molecule is O=C1CN(c2cccnc2)C(=C2C=CC=CN2)NC1=O. The van der Waals surface area contributed by atoms with Crippen LogP contribution in [0.15, 0.2) is 60.5 Å². The van der Waals surface area contributed by atoms with Gasteiger partial charge in [0.1, 0.15) is 5.82 Å². The number of pyridine rings is 1. The molecule has 0 atom stereocenters. The van der Waals surface area contributed by atoms with Gasteiger partial charge in [0.25, 0.3) is 5.91 Å². The Hall–Kier alpha value is -2.89. The number of nitrogens with one attached hydrogen (secondary N) is 2. The fraction of sp³-hybridized carbons (Fsp3) is 0.0714. The average Bonchev–Trinajstić information content (AvgIpc) is 2.51. The molecule has 2 aliphatic rings. The molecule has 0 unspecified atom stereocenters. The zero-order chi connectivity index (χ0) is 13.9. The Morgan fingerprint density at radius 1 is 1.25 bits per heavy atom. The lowest BCUT2D eigenvalue weighted by Gasteiger charge is -2.32. The van der Waals surface area contributed by atoms with Crippen LogP contribution in [0.1, 0.15) is 0 Å². The number of ketones is 1. The Balaban J connectivity index is 2.04. The molecule has 6 heteroatoms. The monoisotopic (exact) mass is 268 g/mol. The van der Waals surface area contributed by atoms with Crippen LogP contribution in [0.25, 0.3) is 0 Å². The summed E-state index contributed by atoms with van der Waals surface area (Å²) in [6.45, 7) is -0.00437. The van der Waals surface area contributed by atoms with E-state index in [1.165, 1.54) is 0 Å². The molecule has 2 aliphatic heterocycles. The number of amides is 1. The van der Waals surface area contributed by atoms with Crippen LogP contribution < -0.4 is 15.5 Å². The number of carbonyl (C=O) groups is 2. The number of rotatable bonds is 1. The summed E-state index contributed by atoms with van der Waals surface area (Å²) in [6, 6.07) is 3.61. The molecule has 0 bridgehead atoms. The number of nitrogens with zero attached hydrogens (tertiary/aromatic N) is 2. The summed E-state index contributed by atoms with van der Waals surface area (Å²) in [4.78, 5) is 29.0. The lowest BCUT2D eigenvalue weighted by atomic mass is 10.2. The first-order valence-corrected chi connectivity index (χ1v) is 6.11. The third kappa shape index (κ3) is 2.18. The molecule has 1 aromatic heterocycles. The van der Waals surface area contributed by atoms with Crippen LogP contribution in [0.2, 0.25) is 0 Å². The predicted octanol–water partition coefficient (Wildman–Crippen LogP) is 0.429. The number of carbonyl (C=O) groups excluding carboxylic acids is 2. The minimum Gasteiger partial charge on any atom is -0.359 e. The lowest BCUT2D eigenvalue weighted by Crippen LogP contribution is -2.51. The maximum Gasteiger partial charge on any atom is 0.294 e. The highest BCUT2D eigenvalue weighted by Gasteiger charge is 2.30. The van der Waals surface area contributed by atoms with Gasteiger partial charge in [-0.25, -0.2) is 0 Å². The first-order chi connectivity index (χ1) is 9.75. The molecule has 0 spiro atoms. The fourth-order valence-electron chi connectivity index (χ4n) is 2.03. The van der Waals surface area contributed by atoms with Crippen LogP contribution in [0.4, 0.5) is 5.69 Å². The average molecular weight is 268 g/mol. The van der Waals surface area contributed by atoms with Crippen molar-refractivity contribution in [2.75, 3.05) is 11.4 Å². The third-order valence-corrected chi connectivity index (χ3v) is 2.98. The maximum atomic E-state index is 11.7. The van der Waals surface area contributed by atoms with Gasteiger partial charge in [0, 0.05) is 12.4 Å². The highest BCUT2D eigenvalue weighted by molar-refractivity contribution is 6.39. The van der Waals surface area contributed by atoms with Crippen molar-refractivity contribution in [2.45, 2.75) is 0 Å². The molecule has 6 nitrogen and oxygen atoms in total. The smallest absolute Gasteiger partial charge is 0.294 e. The molecule has 1 amide bonds. The molecule has 2 N–H and O–H groups in total. The van der Waals surface area contributed by atoms with Crippen molar-refractivity contribution >= 4 is 17.4 Å². The highest BCUT2D eigenvalue weighted by atomic mass is 16.2. The summed E-state index contributed by atoms with van der Waals surface area (Å²) < 4.78 is 0. The van der Waals surface area contributed by atoms with Gasteiger partial charge in [0.15, 0.2) is 0 Å². The summed E-state index contributed by atoms with van der Waals surface area (Å²) >= 11 is 0. The predicted molar refractivity (Wildman–Crippen MR) is 73.2 cm³/mol. The van der Waals surface area contributed by atoms with Gasteiger partial charge >= 0.3 is 0 Å². The molecule has 0 aliphatic carbocycles. The van der Waals surface area contributed by atoms with Gasteiger partial charge in [-0.1, -0.05) is 6.08 Å². The standard InChI is InChI=1S/C14H12N4O2/c19-12-9-18(10-4-3-6-15-8-10)13(17-14(12)20)11-5-1-2-7-16-11/h1-8,16H,9H2,(H,17,20). The minimum atomic E-state index is -0.600. The number of hydrogen-bond donors (Lipinski definition) is 2. The van der Waals surface area contributed by atoms with Gasteiger partial charge in [0.05, 0.1) is 24.1 Å². The lowest BCUT2D eigenvalue weighted by molar-refractivity contribution is -0.137. The van der Waals surface area contributed by atoms with E-state index < -0.39 is 11.7 Å². The van der Waals surface area contributed by atoms with Gasteiger partial charge < -0.3 is 15.5 Å². The Morgan fingerprint density at radius 2 is 2.15 bits per heavy atom. The van der Waals surface area contributed by atoms with Gasteiger partial charge in [-0.05, 0) is 24.3 Å². The van der Waals surface area contributed by atoms with Crippen molar-refractivity contribution < 1.29 is 9.59 Å². The zero-order valence-corrected chi connectivity index (χ0v) is 10.5. The molecule has 20 heavy (non-hydrogen) atoms. The Morgan fingerprint density at radius 3 is 2.85 bits per heavy atom. The van der Waals surface area contributed by atoms with Crippen LogP contribution in [0, 0.1) is 0 Å². The minimum absolute atomic E-state index is 0.00437. The van der Waals surface area contributed by atoms with Gasteiger partial charge in [-0.3, -0.25) is 14.6 Å². The number of anilines is 1. The third-order valence-electron chi connectivity index (χ3n) is 2.98. The molecule has 1 aromatic rings. The number of hydrogen-bond acceptors (Lipinski definition) is 5. The number of allylic oxidation sites excluding steroid dienone is 3. The molecule has 0 radical (unpaired) electrons. The molecule has 100 valence electrons. The van der Waals surface area contributed by atoms with Crippen LogP contribution >= 0.6 is 0 Å². The summed E-state index contributed by atoms with van der Waals surface area (Å²) in [5, 5.41) is 5.67. The second-order valence-electron chi connectivity index (χ2n) is 4.30. The molecule has 0 saturated carbocycles. The van der Waals surface area contributed by atoms with E-state index in [0.717, 1.165) is 11.4 Å². The van der Waals surface area contributed by atoms with Crippen LogP contribution in [-0.4, -0.2) is 23.2 Å². The van der Waals surface area contributed by atoms with E-state index in [1.54, 1.807) is 29.6 Å². The Labute approximate surface area is 115 Å². The summed E-state index contributed by atoms with van der Waals surface area (Å²) in [5.41, 5.74) is 1.46. The first kappa shape index (κ1) is 12.2. The number of dihydropyridines is 1. The van der Waals surface area contributed by atoms with Gasteiger partial charge in [-0.2, -0.15) is 0 Å². The molecule has 3 heterocycles. The highest BCUT2D eigenvalue weighted by Crippen LogP contribution is 2.21. The van der Waals surface area contributed by atoms with Gasteiger partial charge in [0.2, 0.25) is 5.78 Å². The number of aromatic nitrogens is 1. The second kappa shape index (κ2) is 5.00. The molecular weight excluding hydrogens is 256 g/mol. The van der Waals surface area contributed by atoms with Crippen LogP contribution in [0.5, 0.6) is 0 Å². The van der Waals surface area contributed by atoms with Crippen molar-refractivity contribution in [1.82, 2.24) is 15.6 Å². The van der Waals surface area contributed by atoms with Gasteiger partial charge in [-0.15, -0.1) is 0 Å². The van der Waals surface area contributed by atoms with Crippen molar-refractivity contribution in [3.05, 3.63) is 60.5 Å². The van der Waals surface area contributed by atoms with E-state index in [4.69, 9.17) is 0 Å². The second-order valence-corrected chi connectivity index (χ2v) is 4.30. The summed E-state index contributed by atoms with van der Waals surface area (Å²) in [5.74, 6) is -0.533. The topological polar surface area (TPSA) is 74.3 Å². The van der Waals surface area contributed by atoms with E-state index in [2.05, 4.69) is 15.6 Å². The number of Topliss-reactive ketones (excluding diaryl/α,β-unsaturated/α-hetero) is 1. The Kier molecular flexibility index (Phi) is 3.04. The van der Waals surface area contributed by atoms with Crippen molar-refractivity contribution in [1.29, 1.82) is 0 Å². The van der Waals surface area contributed by atoms with E-state index in [1.807, 2.05) is 24.3 Å².